The second-order valence-electron chi connectivity index (χ2n) is 6.02. The molecule has 0 spiro atoms. The molecule has 1 fully saturated rings. The van der Waals surface area contributed by atoms with Crippen molar-refractivity contribution in [2.45, 2.75) is 24.7 Å². The highest BCUT2D eigenvalue weighted by Crippen LogP contribution is 2.27. The number of hydrogen-bond acceptors (Lipinski definition) is 5. The Kier molecular flexibility index (Phi) is 4.91. The lowest BCUT2D eigenvalue weighted by molar-refractivity contribution is -0.149. The Balaban J connectivity index is 1.90. The van der Waals surface area contributed by atoms with Gasteiger partial charge >= 0.3 is 5.97 Å². The summed E-state index contributed by atoms with van der Waals surface area (Å²) in [4.78, 5) is 26.1. The van der Waals surface area contributed by atoms with Crippen molar-refractivity contribution >= 4 is 33.2 Å². The monoisotopic (exact) mass is 364 g/mol. The van der Waals surface area contributed by atoms with Crippen molar-refractivity contribution in [2.75, 3.05) is 19.7 Å². The summed E-state index contributed by atoms with van der Waals surface area (Å²) >= 11 is 0. The summed E-state index contributed by atoms with van der Waals surface area (Å²) in [5, 5.41) is 0.565. The molecule has 1 aliphatic heterocycles. The standard InChI is InChI=1S/C17H20N2O5S/c1-2-24-17(21)12-4-3-7-19(10-12)25(22,23)14-5-6-16-15(8-14)13(11-20)9-18-16/h5-6,8-9,11-12,18H,2-4,7,10H2,1H3/t12-/m0/s1. The Bertz CT molecular complexity index is 903. The van der Waals surface area contributed by atoms with Crippen LogP contribution in [-0.2, 0) is 19.6 Å². The fourth-order valence-electron chi connectivity index (χ4n) is 3.14. The average molecular weight is 364 g/mol. The minimum absolute atomic E-state index is 0.118. The predicted molar refractivity (Wildman–Crippen MR) is 91.8 cm³/mol. The number of ether oxygens (including phenoxy) is 1. The third-order valence-corrected chi connectivity index (χ3v) is 6.32. The van der Waals surface area contributed by atoms with Crippen LogP contribution in [-0.4, -0.2) is 49.7 Å². The number of nitrogens with one attached hydrogen (secondary N) is 1. The molecular formula is C17H20N2O5S. The number of carbonyl (C=O) groups is 2. The lowest BCUT2D eigenvalue weighted by Crippen LogP contribution is -2.42. The summed E-state index contributed by atoms with van der Waals surface area (Å²) in [6.07, 6.45) is 3.46. The maximum Gasteiger partial charge on any atom is 0.310 e. The molecule has 1 aliphatic rings. The van der Waals surface area contributed by atoms with E-state index in [4.69, 9.17) is 4.74 Å². The molecule has 2 aromatic rings. The van der Waals surface area contributed by atoms with Crippen molar-refractivity contribution in [2.24, 2.45) is 5.92 Å². The number of aromatic amines is 1. The molecule has 2 heterocycles. The zero-order valence-electron chi connectivity index (χ0n) is 13.9. The predicted octanol–water partition coefficient (Wildman–Crippen LogP) is 1.94. The molecule has 0 unspecified atom stereocenters. The molecule has 1 N–H and O–H groups in total. The Morgan fingerprint density at radius 2 is 2.24 bits per heavy atom. The first-order valence-corrected chi connectivity index (χ1v) is 9.64. The molecule has 3 rings (SSSR count). The van der Waals surface area contributed by atoms with E-state index in [1.54, 1.807) is 19.2 Å². The zero-order chi connectivity index (χ0) is 18.0. The molecule has 0 amide bonds. The average Bonchev–Trinajstić information content (AvgIpc) is 3.04. The lowest BCUT2D eigenvalue weighted by Gasteiger charge is -2.30. The van der Waals surface area contributed by atoms with E-state index >= 15 is 0 Å². The van der Waals surface area contributed by atoms with Gasteiger partial charge in [-0.25, -0.2) is 8.42 Å². The maximum absolute atomic E-state index is 13.0. The number of H-pyrrole nitrogens is 1. The van der Waals surface area contributed by atoms with Gasteiger partial charge in [0.25, 0.3) is 0 Å². The van der Waals surface area contributed by atoms with Crippen LogP contribution in [0.25, 0.3) is 10.9 Å². The van der Waals surface area contributed by atoms with Gasteiger partial charge in [0, 0.05) is 35.8 Å². The molecule has 0 radical (unpaired) electrons. The van der Waals surface area contributed by atoms with Crippen LogP contribution in [0.5, 0.6) is 0 Å². The molecule has 1 aromatic carbocycles. The van der Waals surface area contributed by atoms with E-state index in [0.29, 0.717) is 42.1 Å². The first-order valence-electron chi connectivity index (χ1n) is 8.20. The molecule has 8 heteroatoms. The largest absolute Gasteiger partial charge is 0.466 e. The van der Waals surface area contributed by atoms with Crippen molar-refractivity contribution in [3.8, 4) is 0 Å². The highest BCUT2D eigenvalue weighted by molar-refractivity contribution is 7.89. The number of nitrogens with zero attached hydrogens (tertiary/aromatic N) is 1. The Morgan fingerprint density at radius 3 is 2.96 bits per heavy atom. The van der Waals surface area contributed by atoms with E-state index in [1.165, 1.54) is 16.4 Å². The summed E-state index contributed by atoms with van der Waals surface area (Å²) in [6, 6.07) is 4.65. The second kappa shape index (κ2) is 6.97. The van der Waals surface area contributed by atoms with Gasteiger partial charge in [-0.1, -0.05) is 0 Å². The summed E-state index contributed by atoms with van der Waals surface area (Å²) in [6.45, 7) is 2.49. The highest BCUT2D eigenvalue weighted by atomic mass is 32.2. The number of esters is 1. The topological polar surface area (TPSA) is 96.5 Å². The normalized spacial score (nSPS) is 19.0. The van der Waals surface area contributed by atoms with E-state index in [1.807, 2.05) is 0 Å². The molecule has 7 nitrogen and oxygen atoms in total. The third-order valence-electron chi connectivity index (χ3n) is 4.45. The Morgan fingerprint density at radius 1 is 1.44 bits per heavy atom. The van der Waals surface area contributed by atoms with Gasteiger partial charge in [-0.05, 0) is 38.0 Å². The van der Waals surface area contributed by atoms with Crippen molar-refractivity contribution < 1.29 is 22.7 Å². The van der Waals surface area contributed by atoms with Gasteiger partial charge in [-0.3, -0.25) is 9.59 Å². The minimum Gasteiger partial charge on any atom is -0.466 e. The smallest absolute Gasteiger partial charge is 0.310 e. The van der Waals surface area contributed by atoms with Crippen LogP contribution in [0.2, 0.25) is 0 Å². The molecule has 1 saturated heterocycles. The molecule has 25 heavy (non-hydrogen) atoms. The Labute approximate surface area is 146 Å². The summed E-state index contributed by atoms with van der Waals surface area (Å²) in [5.74, 6) is -0.795. The third kappa shape index (κ3) is 3.32. The molecule has 0 saturated carbocycles. The number of fused-ring (bicyclic) bond motifs is 1. The molecular weight excluding hydrogens is 344 g/mol. The Hall–Kier alpha value is -2.19. The number of piperidine rings is 1. The number of sulfonamides is 1. The number of carbonyl (C=O) groups excluding carboxylic acids is 2. The highest BCUT2D eigenvalue weighted by Gasteiger charge is 2.34. The second-order valence-corrected chi connectivity index (χ2v) is 7.96. The fraction of sp³-hybridized carbons (Fsp3) is 0.412. The van der Waals surface area contributed by atoms with Crippen LogP contribution in [0.3, 0.4) is 0 Å². The van der Waals surface area contributed by atoms with Gasteiger partial charge in [0.1, 0.15) is 0 Å². The van der Waals surface area contributed by atoms with Gasteiger partial charge in [0.05, 0.1) is 17.4 Å². The zero-order valence-corrected chi connectivity index (χ0v) is 14.7. The molecule has 0 aliphatic carbocycles. The number of aldehydes is 1. The van der Waals surface area contributed by atoms with Crippen LogP contribution in [0, 0.1) is 5.92 Å². The van der Waals surface area contributed by atoms with Crippen molar-refractivity contribution in [3.05, 3.63) is 30.0 Å². The lowest BCUT2D eigenvalue weighted by atomic mass is 10.0. The maximum atomic E-state index is 13.0. The van der Waals surface area contributed by atoms with Crippen molar-refractivity contribution in [3.63, 3.8) is 0 Å². The first kappa shape index (κ1) is 17.6. The van der Waals surface area contributed by atoms with Gasteiger partial charge in [0.15, 0.2) is 6.29 Å². The summed E-state index contributed by atoms with van der Waals surface area (Å²) in [5.41, 5.74) is 1.11. The van der Waals surface area contributed by atoms with Crippen LogP contribution in [0.15, 0.2) is 29.3 Å². The van der Waals surface area contributed by atoms with Gasteiger partial charge in [-0.15, -0.1) is 0 Å². The van der Waals surface area contributed by atoms with Crippen LogP contribution >= 0.6 is 0 Å². The molecule has 1 atom stereocenters. The molecule has 1 aromatic heterocycles. The molecule has 134 valence electrons. The number of rotatable bonds is 5. The SMILES string of the molecule is CCOC(=O)[C@H]1CCCN(S(=O)(=O)c2ccc3[nH]cc(C=O)c3c2)C1. The van der Waals surface area contributed by atoms with E-state index in [0.717, 1.165) is 0 Å². The van der Waals surface area contributed by atoms with Crippen LogP contribution in [0.4, 0.5) is 0 Å². The van der Waals surface area contributed by atoms with Crippen LogP contribution < -0.4 is 0 Å². The quantitative estimate of drug-likeness (QED) is 0.646. The van der Waals surface area contributed by atoms with Gasteiger partial charge in [0.2, 0.25) is 10.0 Å². The van der Waals surface area contributed by atoms with Crippen LogP contribution in [0.1, 0.15) is 30.1 Å². The number of aromatic nitrogens is 1. The first-order chi connectivity index (χ1) is 12.0. The molecule has 0 bridgehead atoms. The van der Waals surface area contributed by atoms with Crippen molar-refractivity contribution in [1.29, 1.82) is 0 Å². The summed E-state index contributed by atoms with van der Waals surface area (Å²) in [7, 11) is -3.74. The van der Waals surface area contributed by atoms with Gasteiger partial charge in [-0.2, -0.15) is 4.31 Å². The van der Waals surface area contributed by atoms with Crippen molar-refractivity contribution in [1.82, 2.24) is 9.29 Å². The number of hydrogen-bond donors (Lipinski definition) is 1. The summed E-state index contributed by atoms with van der Waals surface area (Å²) < 4.78 is 32.3. The number of benzene rings is 1. The van der Waals surface area contributed by atoms with E-state index < -0.39 is 15.9 Å². The van der Waals surface area contributed by atoms with Gasteiger partial charge < -0.3 is 9.72 Å². The van der Waals surface area contributed by atoms with E-state index in [-0.39, 0.29) is 24.0 Å². The minimum atomic E-state index is -3.74. The fourth-order valence-corrected chi connectivity index (χ4v) is 4.69. The van der Waals surface area contributed by atoms with E-state index in [9.17, 15) is 18.0 Å². The van der Waals surface area contributed by atoms with E-state index in [2.05, 4.69) is 4.98 Å².